The number of anilines is 1. The monoisotopic (exact) mass is 309 g/mol. The van der Waals surface area contributed by atoms with Gasteiger partial charge in [0.05, 0.1) is 17.4 Å². The van der Waals surface area contributed by atoms with Crippen LogP contribution in [0.2, 0.25) is 10.0 Å². The predicted molar refractivity (Wildman–Crippen MR) is 82.0 cm³/mol. The normalized spacial score (nSPS) is 14.8. The molecule has 0 radical (unpaired) electrons. The Morgan fingerprint density at radius 3 is 2.60 bits per heavy atom. The van der Waals surface area contributed by atoms with Crippen molar-refractivity contribution in [1.82, 2.24) is 15.1 Å². The number of benzene rings is 1. The third-order valence-electron chi connectivity index (χ3n) is 3.05. The molecular formula is C13H13Cl2N5. The van der Waals surface area contributed by atoms with Gasteiger partial charge in [0.25, 0.3) is 0 Å². The van der Waals surface area contributed by atoms with Gasteiger partial charge in [0, 0.05) is 23.1 Å². The van der Waals surface area contributed by atoms with Crippen molar-refractivity contribution in [2.45, 2.75) is 6.42 Å². The molecule has 1 aromatic carbocycles. The van der Waals surface area contributed by atoms with Gasteiger partial charge in [-0.3, -0.25) is 4.99 Å². The van der Waals surface area contributed by atoms with E-state index in [1.807, 2.05) is 0 Å². The van der Waals surface area contributed by atoms with Gasteiger partial charge in [0.15, 0.2) is 0 Å². The first kappa shape index (κ1) is 13.3. The second-order valence-corrected chi connectivity index (χ2v) is 5.37. The maximum Gasteiger partial charge on any atom is 0.138 e. The van der Waals surface area contributed by atoms with Crippen LogP contribution in [0.5, 0.6) is 0 Å². The van der Waals surface area contributed by atoms with E-state index in [1.54, 1.807) is 29.1 Å². The minimum absolute atomic E-state index is 0.511. The van der Waals surface area contributed by atoms with Crippen LogP contribution >= 0.6 is 23.2 Å². The molecule has 1 aliphatic heterocycles. The molecule has 2 aromatic rings. The number of halogens is 2. The number of nitrogen functional groups attached to an aromatic ring is 1. The van der Waals surface area contributed by atoms with Crippen LogP contribution in [0.3, 0.4) is 0 Å². The van der Waals surface area contributed by atoms with Crippen molar-refractivity contribution >= 4 is 34.9 Å². The maximum atomic E-state index is 6.16. The molecular weight excluding hydrogens is 297 g/mol. The molecule has 0 aliphatic carbocycles. The van der Waals surface area contributed by atoms with Crippen molar-refractivity contribution in [3.8, 4) is 5.69 Å². The summed E-state index contributed by atoms with van der Waals surface area (Å²) in [6, 6.07) is 5.19. The number of aromatic nitrogens is 2. The van der Waals surface area contributed by atoms with Gasteiger partial charge in [-0.05, 0) is 24.6 Å². The first-order chi connectivity index (χ1) is 9.65. The predicted octanol–water partition coefficient (Wildman–Crippen LogP) is 2.50. The Bertz CT molecular complexity index is 657. The molecule has 0 atom stereocenters. The fourth-order valence-electron chi connectivity index (χ4n) is 2.12. The fraction of sp³-hybridized carbons (Fsp3) is 0.231. The summed E-state index contributed by atoms with van der Waals surface area (Å²) in [5.41, 5.74) is 7.68. The smallest absolute Gasteiger partial charge is 0.138 e. The van der Waals surface area contributed by atoms with E-state index in [9.17, 15) is 0 Å². The van der Waals surface area contributed by atoms with Crippen molar-refractivity contribution in [2.75, 3.05) is 18.8 Å². The molecule has 0 saturated heterocycles. The zero-order chi connectivity index (χ0) is 14.1. The minimum atomic E-state index is 0.511. The number of nitrogens with two attached hydrogens (primary N) is 1. The molecule has 2 heterocycles. The molecule has 1 aromatic heterocycles. The highest BCUT2D eigenvalue weighted by Crippen LogP contribution is 2.24. The Hall–Kier alpha value is -1.72. The SMILES string of the molecule is Nc1c(C2=NCCCN2)cnn1-c1cc(Cl)cc(Cl)c1. The molecule has 5 nitrogen and oxygen atoms in total. The number of nitrogens with one attached hydrogen (secondary N) is 1. The third-order valence-corrected chi connectivity index (χ3v) is 3.49. The van der Waals surface area contributed by atoms with Crippen LogP contribution in [0.4, 0.5) is 5.82 Å². The number of nitrogens with zero attached hydrogens (tertiary/aromatic N) is 3. The highest BCUT2D eigenvalue weighted by Gasteiger charge is 2.16. The molecule has 0 fully saturated rings. The van der Waals surface area contributed by atoms with Gasteiger partial charge in [-0.15, -0.1) is 0 Å². The molecule has 0 amide bonds. The Labute approximate surface area is 126 Å². The molecule has 3 N–H and O–H groups in total. The Morgan fingerprint density at radius 2 is 1.95 bits per heavy atom. The van der Waals surface area contributed by atoms with Crippen molar-refractivity contribution in [3.05, 3.63) is 40.0 Å². The second-order valence-electron chi connectivity index (χ2n) is 4.49. The van der Waals surface area contributed by atoms with Gasteiger partial charge in [-0.25, -0.2) is 4.68 Å². The second kappa shape index (κ2) is 5.34. The third kappa shape index (κ3) is 2.46. The van der Waals surface area contributed by atoms with E-state index in [-0.39, 0.29) is 0 Å². The van der Waals surface area contributed by atoms with Gasteiger partial charge in [-0.2, -0.15) is 5.10 Å². The molecule has 0 spiro atoms. The van der Waals surface area contributed by atoms with Gasteiger partial charge >= 0.3 is 0 Å². The van der Waals surface area contributed by atoms with E-state index in [0.29, 0.717) is 15.9 Å². The van der Waals surface area contributed by atoms with Crippen LogP contribution < -0.4 is 11.1 Å². The lowest BCUT2D eigenvalue weighted by Gasteiger charge is -2.14. The summed E-state index contributed by atoms with van der Waals surface area (Å²) in [6.45, 7) is 1.70. The van der Waals surface area contributed by atoms with Crippen LogP contribution in [-0.2, 0) is 0 Å². The van der Waals surface area contributed by atoms with Crippen LogP contribution in [0.25, 0.3) is 5.69 Å². The van der Waals surface area contributed by atoms with E-state index in [0.717, 1.165) is 36.6 Å². The quantitative estimate of drug-likeness (QED) is 0.895. The standard InChI is InChI=1S/C13H13Cl2N5/c14-8-4-9(15)6-10(5-8)20-12(16)11(7-19-20)13-17-2-1-3-18-13/h4-7H,1-3,16H2,(H,17,18). The average Bonchev–Trinajstić information content (AvgIpc) is 2.80. The highest BCUT2D eigenvalue weighted by atomic mass is 35.5. The minimum Gasteiger partial charge on any atom is -0.383 e. The largest absolute Gasteiger partial charge is 0.383 e. The molecule has 104 valence electrons. The van der Waals surface area contributed by atoms with Gasteiger partial charge in [0.2, 0.25) is 0 Å². The number of rotatable bonds is 2. The summed E-state index contributed by atoms with van der Waals surface area (Å²) in [6.07, 6.45) is 2.72. The summed E-state index contributed by atoms with van der Waals surface area (Å²) >= 11 is 12.0. The molecule has 0 saturated carbocycles. The van der Waals surface area contributed by atoms with Crippen LogP contribution in [0.15, 0.2) is 29.4 Å². The number of aliphatic imine (C=N–C) groups is 1. The van der Waals surface area contributed by atoms with E-state index >= 15 is 0 Å². The average molecular weight is 310 g/mol. The van der Waals surface area contributed by atoms with Gasteiger partial charge < -0.3 is 11.1 Å². The maximum absolute atomic E-state index is 6.16. The van der Waals surface area contributed by atoms with E-state index in [4.69, 9.17) is 28.9 Å². The molecule has 20 heavy (non-hydrogen) atoms. The van der Waals surface area contributed by atoms with E-state index in [1.165, 1.54) is 0 Å². The lowest BCUT2D eigenvalue weighted by molar-refractivity contribution is 0.742. The van der Waals surface area contributed by atoms with E-state index < -0.39 is 0 Å². The number of hydrogen-bond acceptors (Lipinski definition) is 4. The summed E-state index contributed by atoms with van der Waals surface area (Å²) in [4.78, 5) is 4.42. The van der Waals surface area contributed by atoms with Crippen LogP contribution in [-0.4, -0.2) is 28.7 Å². The highest BCUT2D eigenvalue weighted by molar-refractivity contribution is 6.34. The fourth-order valence-corrected chi connectivity index (χ4v) is 2.64. The Balaban J connectivity index is 2.03. The van der Waals surface area contributed by atoms with Crippen molar-refractivity contribution in [3.63, 3.8) is 0 Å². The molecule has 0 unspecified atom stereocenters. The summed E-state index contributed by atoms with van der Waals surface area (Å²) < 4.78 is 1.60. The summed E-state index contributed by atoms with van der Waals surface area (Å²) in [5, 5.41) is 8.60. The lowest BCUT2D eigenvalue weighted by Crippen LogP contribution is -2.30. The van der Waals surface area contributed by atoms with Crippen molar-refractivity contribution in [2.24, 2.45) is 4.99 Å². The topological polar surface area (TPSA) is 68.2 Å². The van der Waals surface area contributed by atoms with Gasteiger partial charge in [0.1, 0.15) is 11.7 Å². The zero-order valence-electron chi connectivity index (χ0n) is 10.6. The molecule has 3 rings (SSSR count). The lowest BCUT2D eigenvalue weighted by atomic mass is 10.2. The van der Waals surface area contributed by atoms with Gasteiger partial charge in [-0.1, -0.05) is 23.2 Å². The van der Waals surface area contributed by atoms with E-state index in [2.05, 4.69) is 15.4 Å². The first-order valence-electron chi connectivity index (χ1n) is 6.24. The number of amidine groups is 1. The first-order valence-corrected chi connectivity index (χ1v) is 6.99. The van der Waals surface area contributed by atoms with Crippen molar-refractivity contribution < 1.29 is 0 Å². The Morgan fingerprint density at radius 1 is 1.20 bits per heavy atom. The summed E-state index contributed by atoms with van der Waals surface area (Å²) in [5.74, 6) is 1.30. The zero-order valence-corrected chi connectivity index (χ0v) is 12.1. The van der Waals surface area contributed by atoms with Crippen LogP contribution in [0.1, 0.15) is 12.0 Å². The number of hydrogen-bond donors (Lipinski definition) is 2. The van der Waals surface area contributed by atoms with Crippen molar-refractivity contribution in [1.29, 1.82) is 0 Å². The molecule has 1 aliphatic rings. The molecule has 7 heteroatoms. The summed E-state index contributed by atoms with van der Waals surface area (Å²) in [7, 11) is 0. The Kier molecular flexibility index (Phi) is 3.54. The van der Waals surface area contributed by atoms with Crippen LogP contribution in [0, 0.1) is 0 Å². The molecule has 0 bridgehead atoms.